The monoisotopic (exact) mass is 294 g/mol. The first-order chi connectivity index (χ1) is 7.93. The first kappa shape index (κ1) is 14.6. The molecular formula is C8H4F6O3S. The highest BCUT2D eigenvalue weighted by Gasteiger charge is 2.48. The highest BCUT2D eigenvalue weighted by Crippen LogP contribution is 2.33. The average Bonchev–Trinajstić information content (AvgIpc) is 2.14. The van der Waals surface area contributed by atoms with E-state index < -0.39 is 33.1 Å². The summed E-state index contributed by atoms with van der Waals surface area (Å²) in [5.41, 5.74) is -7.03. The molecule has 0 spiro atoms. The van der Waals surface area contributed by atoms with Gasteiger partial charge in [0, 0.05) is 0 Å². The topological polar surface area (TPSA) is 43.4 Å². The van der Waals surface area contributed by atoms with Crippen LogP contribution in [0.5, 0.6) is 5.75 Å². The minimum absolute atomic E-state index is 0.156. The normalized spacial score (nSPS) is 13.4. The van der Waals surface area contributed by atoms with E-state index in [4.69, 9.17) is 0 Å². The van der Waals surface area contributed by atoms with Crippen LogP contribution < -0.4 is 4.18 Å². The van der Waals surface area contributed by atoms with Gasteiger partial charge in [-0.15, -0.1) is 0 Å². The van der Waals surface area contributed by atoms with Gasteiger partial charge in [-0.2, -0.15) is 34.8 Å². The number of benzene rings is 1. The van der Waals surface area contributed by atoms with E-state index in [-0.39, 0.29) is 6.07 Å². The molecule has 0 N–H and O–H groups in total. The van der Waals surface area contributed by atoms with E-state index in [0.717, 1.165) is 6.07 Å². The van der Waals surface area contributed by atoms with Gasteiger partial charge in [0.1, 0.15) is 5.75 Å². The second kappa shape index (κ2) is 4.34. The molecule has 3 nitrogen and oxygen atoms in total. The summed E-state index contributed by atoms with van der Waals surface area (Å²) in [5, 5.41) is 0. The molecule has 10 heteroatoms. The molecule has 0 saturated heterocycles. The zero-order valence-corrected chi connectivity index (χ0v) is 9.03. The molecule has 0 aliphatic rings. The zero-order valence-electron chi connectivity index (χ0n) is 8.21. The number of hydrogen-bond donors (Lipinski definition) is 0. The molecule has 0 atom stereocenters. The van der Waals surface area contributed by atoms with Gasteiger partial charge in [0.05, 0.1) is 5.56 Å². The summed E-state index contributed by atoms with van der Waals surface area (Å²) in [7, 11) is -5.98. The molecule has 0 radical (unpaired) electrons. The Morgan fingerprint density at radius 2 is 1.56 bits per heavy atom. The lowest BCUT2D eigenvalue weighted by Crippen LogP contribution is -2.28. The predicted octanol–water partition coefficient (Wildman–Crippen LogP) is 2.93. The third kappa shape index (κ3) is 3.28. The van der Waals surface area contributed by atoms with Crippen molar-refractivity contribution in [2.45, 2.75) is 11.7 Å². The van der Waals surface area contributed by atoms with Crippen molar-refractivity contribution in [1.29, 1.82) is 0 Å². The predicted molar refractivity (Wildman–Crippen MR) is 47.0 cm³/mol. The van der Waals surface area contributed by atoms with E-state index in [1.165, 1.54) is 0 Å². The van der Waals surface area contributed by atoms with Gasteiger partial charge >= 0.3 is 21.8 Å². The molecule has 0 aliphatic carbocycles. The Balaban J connectivity index is 3.08. The van der Waals surface area contributed by atoms with Gasteiger partial charge in [-0.25, -0.2) is 0 Å². The van der Waals surface area contributed by atoms with Crippen molar-refractivity contribution < 1.29 is 38.9 Å². The van der Waals surface area contributed by atoms with E-state index in [2.05, 4.69) is 4.18 Å². The molecule has 0 fully saturated rings. The lowest BCUT2D eigenvalue weighted by Gasteiger charge is -2.11. The van der Waals surface area contributed by atoms with Crippen molar-refractivity contribution >= 4 is 10.1 Å². The molecular weight excluding hydrogens is 290 g/mol. The summed E-state index contributed by atoms with van der Waals surface area (Å²) >= 11 is 0. The summed E-state index contributed by atoms with van der Waals surface area (Å²) < 4.78 is 97.0. The van der Waals surface area contributed by atoms with Gasteiger partial charge in [-0.05, 0) is 18.2 Å². The van der Waals surface area contributed by atoms with Crippen LogP contribution in [-0.2, 0) is 16.3 Å². The van der Waals surface area contributed by atoms with Gasteiger partial charge in [-0.1, -0.05) is 6.07 Å². The molecule has 0 heterocycles. The van der Waals surface area contributed by atoms with Crippen LogP contribution in [0.3, 0.4) is 0 Å². The Morgan fingerprint density at radius 3 is 2.00 bits per heavy atom. The molecule has 0 saturated carbocycles. The van der Waals surface area contributed by atoms with Gasteiger partial charge in [0.2, 0.25) is 0 Å². The first-order valence-corrected chi connectivity index (χ1v) is 5.52. The third-order valence-corrected chi connectivity index (χ3v) is 2.63. The summed E-state index contributed by atoms with van der Waals surface area (Å²) in [5.74, 6) is -1.07. The molecule has 18 heavy (non-hydrogen) atoms. The fraction of sp³-hybridized carbons (Fsp3) is 0.250. The van der Waals surface area contributed by atoms with E-state index in [1.54, 1.807) is 0 Å². The summed E-state index contributed by atoms with van der Waals surface area (Å²) in [6.07, 6.45) is -4.82. The SMILES string of the molecule is O=S(=O)(Oc1cccc(C(F)(F)F)c1)C(F)(F)F. The van der Waals surface area contributed by atoms with Crippen LogP contribution in [0.2, 0.25) is 0 Å². The number of halogens is 6. The lowest BCUT2D eigenvalue weighted by molar-refractivity contribution is -0.137. The summed E-state index contributed by atoms with van der Waals surface area (Å²) in [6.45, 7) is 0. The van der Waals surface area contributed by atoms with Crippen molar-refractivity contribution in [1.82, 2.24) is 0 Å². The van der Waals surface area contributed by atoms with E-state index in [0.29, 0.717) is 12.1 Å². The van der Waals surface area contributed by atoms with Gasteiger partial charge in [-0.3, -0.25) is 0 Å². The minimum atomic E-state index is -5.98. The van der Waals surface area contributed by atoms with Gasteiger partial charge < -0.3 is 4.18 Å². The Kier molecular flexibility index (Phi) is 3.52. The van der Waals surface area contributed by atoms with Crippen LogP contribution in [0.1, 0.15) is 5.56 Å². The van der Waals surface area contributed by atoms with Crippen molar-refractivity contribution in [2.24, 2.45) is 0 Å². The Labute approximate surface area is 97.1 Å². The Bertz CT molecular complexity index is 530. The Hall–Kier alpha value is -1.45. The van der Waals surface area contributed by atoms with Gasteiger partial charge in [0.25, 0.3) is 0 Å². The van der Waals surface area contributed by atoms with Crippen molar-refractivity contribution in [3.8, 4) is 5.75 Å². The highest BCUT2D eigenvalue weighted by molar-refractivity contribution is 7.87. The summed E-state index contributed by atoms with van der Waals surface area (Å²) in [4.78, 5) is 0. The molecule has 0 bridgehead atoms. The number of hydrogen-bond acceptors (Lipinski definition) is 3. The number of rotatable bonds is 2. The van der Waals surface area contributed by atoms with Crippen LogP contribution in [0, 0.1) is 0 Å². The van der Waals surface area contributed by atoms with Gasteiger partial charge in [0.15, 0.2) is 0 Å². The molecule has 0 amide bonds. The molecule has 1 aromatic carbocycles. The largest absolute Gasteiger partial charge is 0.534 e. The second-order valence-corrected chi connectivity index (χ2v) is 4.55. The second-order valence-electron chi connectivity index (χ2n) is 3.01. The van der Waals surface area contributed by atoms with E-state index >= 15 is 0 Å². The maximum absolute atomic E-state index is 12.2. The standard InChI is InChI=1S/C8H4F6O3S/c9-7(10,11)5-2-1-3-6(4-5)17-18(15,16)8(12,13)14/h1-4H. The van der Waals surface area contributed by atoms with Crippen LogP contribution in [0.15, 0.2) is 24.3 Å². The van der Waals surface area contributed by atoms with E-state index in [1.807, 2.05) is 0 Å². The maximum Gasteiger partial charge on any atom is 0.534 e. The molecule has 0 unspecified atom stereocenters. The van der Waals surface area contributed by atoms with Crippen LogP contribution in [0.25, 0.3) is 0 Å². The average molecular weight is 294 g/mol. The minimum Gasteiger partial charge on any atom is -0.376 e. The fourth-order valence-electron chi connectivity index (χ4n) is 0.898. The number of alkyl halides is 6. The maximum atomic E-state index is 12.2. The molecule has 0 aliphatic heterocycles. The van der Waals surface area contributed by atoms with Crippen LogP contribution in [-0.4, -0.2) is 13.9 Å². The lowest BCUT2D eigenvalue weighted by atomic mass is 10.2. The Morgan fingerprint density at radius 1 is 1.00 bits per heavy atom. The highest BCUT2D eigenvalue weighted by atomic mass is 32.2. The quantitative estimate of drug-likeness (QED) is 0.478. The van der Waals surface area contributed by atoms with Crippen molar-refractivity contribution in [3.63, 3.8) is 0 Å². The van der Waals surface area contributed by atoms with Crippen LogP contribution >= 0.6 is 0 Å². The van der Waals surface area contributed by atoms with Crippen LogP contribution in [0.4, 0.5) is 26.3 Å². The molecule has 1 aromatic rings. The molecule has 0 aromatic heterocycles. The zero-order chi connectivity index (χ0) is 14.2. The summed E-state index contributed by atoms with van der Waals surface area (Å²) in [6, 6.07) is 2.11. The van der Waals surface area contributed by atoms with Crippen molar-refractivity contribution in [2.75, 3.05) is 0 Å². The molecule has 102 valence electrons. The molecule has 1 rings (SSSR count). The first-order valence-electron chi connectivity index (χ1n) is 4.11. The third-order valence-electron chi connectivity index (χ3n) is 1.65. The van der Waals surface area contributed by atoms with Crippen molar-refractivity contribution in [3.05, 3.63) is 29.8 Å². The smallest absolute Gasteiger partial charge is 0.376 e. The fourth-order valence-corrected chi connectivity index (χ4v) is 1.35. The van der Waals surface area contributed by atoms with E-state index in [9.17, 15) is 34.8 Å².